The first-order valence-electron chi connectivity index (χ1n) is 7.66. The molecule has 2 saturated carbocycles. The van der Waals surface area contributed by atoms with Crippen LogP contribution >= 0.6 is 0 Å². The van der Waals surface area contributed by atoms with Crippen molar-refractivity contribution in [3.63, 3.8) is 0 Å². The third kappa shape index (κ3) is 3.29. The monoisotopic (exact) mass is 268 g/mol. The van der Waals surface area contributed by atoms with Crippen LogP contribution in [-0.4, -0.2) is 42.6 Å². The van der Waals surface area contributed by atoms with Crippen LogP contribution in [0.5, 0.6) is 0 Å². The lowest BCUT2D eigenvalue weighted by Gasteiger charge is -2.33. The molecule has 2 aliphatic rings. The van der Waals surface area contributed by atoms with Crippen molar-refractivity contribution in [1.29, 1.82) is 0 Å². The number of carbonyl (C=O) groups is 1. The maximum atomic E-state index is 11.8. The van der Waals surface area contributed by atoms with Crippen LogP contribution in [-0.2, 0) is 9.53 Å². The summed E-state index contributed by atoms with van der Waals surface area (Å²) in [7, 11) is 3.64. The summed E-state index contributed by atoms with van der Waals surface area (Å²) in [6, 6.07) is 1.11. The van der Waals surface area contributed by atoms with E-state index in [1.807, 2.05) is 0 Å². The van der Waals surface area contributed by atoms with Crippen LogP contribution in [0.3, 0.4) is 0 Å². The van der Waals surface area contributed by atoms with Crippen LogP contribution in [0.1, 0.15) is 57.8 Å². The summed E-state index contributed by atoms with van der Waals surface area (Å²) in [5.74, 6) is -0.246. The highest BCUT2D eigenvalue weighted by Gasteiger charge is 2.44. The zero-order chi connectivity index (χ0) is 13.9. The number of esters is 1. The Morgan fingerprint density at radius 1 is 1.16 bits per heavy atom. The lowest BCUT2D eigenvalue weighted by molar-refractivity contribution is -0.147. The largest absolute Gasteiger partial charge is 0.468 e. The van der Waals surface area contributed by atoms with Crippen LogP contribution in [0.4, 0.5) is 0 Å². The van der Waals surface area contributed by atoms with E-state index in [1.54, 1.807) is 0 Å². The highest BCUT2D eigenvalue weighted by atomic mass is 16.5. The number of rotatable bonds is 3. The molecule has 2 rings (SSSR count). The maximum Gasteiger partial charge on any atom is 0.325 e. The Morgan fingerprint density at radius 2 is 1.79 bits per heavy atom. The van der Waals surface area contributed by atoms with Gasteiger partial charge in [-0.1, -0.05) is 25.7 Å². The Balaban J connectivity index is 1.93. The Morgan fingerprint density at radius 3 is 2.37 bits per heavy atom. The lowest BCUT2D eigenvalue weighted by atomic mass is 9.98. The van der Waals surface area contributed by atoms with Gasteiger partial charge in [0.1, 0.15) is 5.54 Å². The van der Waals surface area contributed by atoms with Gasteiger partial charge in [0.05, 0.1) is 7.11 Å². The van der Waals surface area contributed by atoms with Gasteiger partial charge in [0.25, 0.3) is 0 Å². The normalized spacial score (nSPS) is 33.4. The van der Waals surface area contributed by atoms with Crippen molar-refractivity contribution in [1.82, 2.24) is 4.90 Å². The fraction of sp³-hybridized carbons (Fsp3) is 0.933. The second kappa shape index (κ2) is 6.23. The van der Waals surface area contributed by atoms with E-state index in [0.717, 1.165) is 19.3 Å². The average molecular weight is 268 g/mol. The Labute approximate surface area is 116 Å². The summed E-state index contributed by atoms with van der Waals surface area (Å²) in [6.45, 7) is 0. The predicted molar refractivity (Wildman–Crippen MR) is 75.8 cm³/mol. The molecule has 0 amide bonds. The van der Waals surface area contributed by atoms with Gasteiger partial charge in [0, 0.05) is 12.1 Å². The summed E-state index contributed by atoms with van der Waals surface area (Å²) in [5.41, 5.74) is 5.45. The van der Waals surface area contributed by atoms with Crippen molar-refractivity contribution in [2.75, 3.05) is 14.2 Å². The molecule has 0 aromatic heterocycles. The van der Waals surface area contributed by atoms with Gasteiger partial charge in [0.15, 0.2) is 0 Å². The molecule has 2 N–H and O–H groups in total. The van der Waals surface area contributed by atoms with Crippen molar-refractivity contribution in [2.45, 2.75) is 75.4 Å². The van der Waals surface area contributed by atoms with Crippen LogP contribution < -0.4 is 5.73 Å². The predicted octanol–water partition coefficient (Wildman–Crippen LogP) is 2.06. The number of methoxy groups -OCH3 is 1. The summed E-state index contributed by atoms with van der Waals surface area (Å²) in [4.78, 5) is 14.3. The number of carbonyl (C=O) groups excluding carboxylic acids is 1. The van der Waals surface area contributed by atoms with Crippen LogP contribution in [0, 0.1) is 0 Å². The number of nitrogens with two attached hydrogens (primary N) is 1. The zero-order valence-corrected chi connectivity index (χ0v) is 12.4. The minimum atomic E-state index is -0.752. The molecule has 0 aromatic carbocycles. The molecule has 4 heteroatoms. The van der Waals surface area contributed by atoms with Crippen molar-refractivity contribution in [3.8, 4) is 0 Å². The molecule has 0 saturated heterocycles. The van der Waals surface area contributed by atoms with E-state index in [-0.39, 0.29) is 5.97 Å². The van der Waals surface area contributed by atoms with E-state index in [1.165, 1.54) is 45.6 Å². The first kappa shape index (κ1) is 14.8. The van der Waals surface area contributed by atoms with Gasteiger partial charge < -0.3 is 15.4 Å². The highest BCUT2D eigenvalue weighted by Crippen LogP contribution is 2.34. The molecule has 4 nitrogen and oxygen atoms in total. The summed E-state index contributed by atoms with van der Waals surface area (Å²) >= 11 is 0. The van der Waals surface area contributed by atoms with Crippen LogP contribution in [0.25, 0.3) is 0 Å². The third-order valence-corrected chi connectivity index (χ3v) is 5.09. The van der Waals surface area contributed by atoms with Crippen molar-refractivity contribution >= 4 is 5.97 Å². The molecule has 110 valence electrons. The summed E-state index contributed by atoms with van der Waals surface area (Å²) in [5, 5.41) is 0. The lowest BCUT2D eigenvalue weighted by Crippen LogP contribution is -2.48. The van der Waals surface area contributed by atoms with Crippen LogP contribution in [0.15, 0.2) is 0 Å². The van der Waals surface area contributed by atoms with Gasteiger partial charge in [0.2, 0.25) is 0 Å². The van der Waals surface area contributed by atoms with E-state index in [0.29, 0.717) is 12.1 Å². The Bertz CT molecular complexity index is 313. The molecule has 0 aromatic rings. The number of ether oxygens (including phenoxy) is 1. The molecular formula is C15H28N2O2. The molecule has 0 spiro atoms. The smallest absolute Gasteiger partial charge is 0.325 e. The number of nitrogens with zero attached hydrogens (tertiary/aromatic N) is 1. The second-order valence-electron chi connectivity index (χ2n) is 6.36. The van der Waals surface area contributed by atoms with Crippen molar-refractivity contribution in [2.24, 2.45) is 5.73 Å². The molecule has 2 fully saturated rings. The van der Waals surface area contributed by atoms with Crippen molar-refractivity contribution < 1.29 is 9.53 Å². The number of hydrogen-bond acceptors (Lipinski definition) is 4. The fourth-order valence-corrected chi connectivity index (χ4v) is 3.75. The summed E-state index contributed by atoms with van der Waals surface area (Å²) < 4.78 is 4.85. The minimum Gasteiger partial charge on any atom is -0.468 e. The zero-order valence-electron chi connectivity index (χ0n) is 12.4. The van der Waals surface area contributed by atoms with E-state index in [9.17, 15) is 4.79 Å². The van der Waals surface area contributed by atoms with Gasteiger partial charge in [-0.2, -0.15) is 0 Å². The SMILES string of the molecule is COC(=O)C1(N)CCC(N(C)C2CCCCCC2)C1. The molecular weight excluding hydrogens is 240 g/mol. The molecule has 0 heterocycles. The van der Waals surface area contributed by atoms with Crippen molar-refractivity contribution in [3.05, 3.63) is 0 Å². The molecule has 0 aliphatic heterocycles. The fourth-order valence-electron chi connectivity index (χ4n) is 3.75. The van der Waals surface area contributed by atoms with Gasteiger partial charge in [-0.3, -0.25) is 4.79 Å². The van der Waals surface area contributed by atoms with Gasteiger partial charge in [-0.05, 0) is 39.2 Å². The Kier molecular flexibility index (Phi) is 4.85. The standard InChI is InChI=1S/C15H28N2O2/c1-17(12-7-5-3-4-6-8-12)13-9-10-15(16,11-13)14(18)19-2/h12-13H,3-11,16H2,1-2H3. The van der Waals surface area contributed by atoms with Gasteiger partial charge in [-0.25, -0.2) is 0 Å². The maximum absolute atomic E-state index is 11.8. The molecule has 2 aliphatic carbocycles. The highest BCUT2D eigenvalue weighted by molar-refractivity contribution is 5.81. The molecule has 19 heavy (non-hydrogen) atoms. The minimum absolute atomic E-state index is 0.246. The summed E-state index contributed by atoms with van der Waals surface area (Å²) in [6.07, 6.45) is 10.5. The van der Waals surface area contributed by atoms with E-state index < -0.39 is 5.54 Å². The Hall–Kier alpha value is -0.610. The van der Waals surface area contributed by atoms with Crippen LogP contribution in [0.2, 0.25) is 0 Å². The molecule has 2 atom stereocenters. The molecule has 0 radical (unpaired) electrons. The average Bonchev–Trinajstić information content (AvgIpc) is 2.66. The number of hydrogen-bond donors (Lipinski definition) is 1. The topological polar surface area (TPSA) is 55.6 Å². The second-order valence-corrected chi connectivity index (χ2v) is 6.36. The third-order valence-electron chi connectivity index (χ3n) is 5.09. The van der Waals surface area contributed by atoms with Gasteiger partial charge >= 0.3 is 5.97 Å². The quantitative estimate of drug-likeness (QED) is 0.629. The molecule has 2 unspecified atom stereocenters. The molecule has 0 bridgehead atoms. The van der Waals surface area contributed by atoms with Gasteiger partial charge in [-0.15, -0.1) is 0 Å². The van der Waals surface area contributed by atoms with E-state index in [4.69, 9.17) is 10.5 Å². The first-order valence-corrected chi connectivity index (χ1v) is 7.66. The first-order chi connectivity index (χ1) is 9.07. The van der Waals surface area contributed by atoms with E-state index in [2.05, 4.69) is 11.9 Å². The van der Waals surface area contributed by atoms with E-state index >= 15 is 0 Å².